The number of aliphatic hydroxyl groups is 1. The molecule has 0 heterocycles. The fourth-order valence-corrected chi connectivity index (χ4v) is 1.58. The maximum absolute atomic E-state index is 9.82. The van der Waals surface area contributed by atoms with Crippen LogP contribution < -0.4 is 0 Å². The maximum Gasteiger partial charge on any atom is 0.0821 e. The van der Waals surface area contributed by atoms with E-state index in [-0.39, 0.29) is 5.92 Å². The quantitative estimate of drug-likeness (QED) is 0.791. The van der Waals surface area contributed by atoms with Crippen LogP contribution in [0.4, 0.5) is 0 Å². The lowest BCUT2D eigenvalue weighted by atomic mass is 10.0. The van der Waals surface area contributed by atoms with Crippen LogP contribution in [-0.2, 0) is 0 Å². The first-order chi connectivity index (χ1) is 7.36. The number of hydrogen-bond acceptors (Lipinski definition) is 1. The van der Waals surface area contributed by atoms with E-state index in [0.29, 0.717) is 0 Å². The van der Waals surface area contributed by atoms with Crippen molar-refractivity contribution < 1.29 is 5.11 Å². The van der Waals surface area contributed by atoms with Crippen LogP contribution >= 0.6 is 0 Å². The van der Waals surface area contributed by atoms with Gasteiger partial charge in [-0.3, -0.25) is 0 Å². The molecule has 1 atom stereocenters. The summed E-state index contributed by atoms with van der Waals surface area (Å²) in [6, 6.07) is 9.99. The third-order valence-corrected chi connectivity index (χ3v) is 2.46. The van der Waals surface area contributed by atoms with Crippen LogP contribution in [0.5, 0.6) is 0 Å². The first kappa shape index (κ1) is 9.94. The zero-order valence-electron chi connectivity index (χ0n) is 8.45. The lowest BCUT2D eigenvalue weighted by Crippen LogP contribution is -2.11. The molecule has 0 saturated heterocycles. The summed E-state index contributed by atoms with van der Waals surface area (Å²) in [5.41, 5.74) is 1.11. The molecule has 0 spiro atoms. The van der Waals surface area contributed by atoms with E-state index >= 15 is 0 Å². The Morgan fingerprint density at radius 3 is 2.40 bits per heavy atom. The Kier molecular flexibility index (Phi) is 3.15. The van der Waals surface area contributed by atoms with Gasteiger partial charge in [0.25, 0.3) is 0 Å². The molecular weight excluding hydrogens is 184 g/mol. The summed E-state index contributed by atoms with van der Waals surface area (Å²) in [6.07, 6.45) is 11.3. The molecule has 1 aliphatic carbocycles. The minimum atomic E-state index is -0.430. The first-order valence-corrected chi connectivity index (χ1v) is 5.12. The Hall–Kier alpha value is -1.60. The van der Waals surface area contributed by atoms with Gasteiger partial charge in [-0.15, -0.1) is 0 Å². The standard InChI is InChI=1S/C14H14O/c15-14(13-8-4-5-9-13)11-10-12-6-2-1-3-7-12/h1-11,13-15H/b11-10-. The summed E-state index contributed by atoms with van der Waals surface area (Å²) < 4.78 is 0. The van der Waals surface area contributed by atoms with Crippen molar-refractivity contribution in [2.75, 3.05) is 0 Å². The second-order valence-electron chi connectivity index (χ2n) is 3.61. The van der Waals surface area contributed by atoms with Crippen molar-refractivity contribution in [2.24, 2.45) is 5.92 Å². The van der Waals surface area contributed by atoms with E-state index in [2.05, 4.69) is 0 Å². The van der Waals surface area contributed by atoms with Gasteiger partial charge in [-0.2, -0.15) is 0 Å². The number of aliphatic hydroxyl groups excluding tert-OH is 1. The maximum atomic E-state index is 9.82. The van der Waals surface area contributed by atoms with Crippen LogP contribution in [0.1, 0.15) is 5.56 Å². The van der Waals surface area contributed by atoms with E-state index in [9.17, 15) is 5.11 Å². The molecule has 15 heavy (non-hydrogen) atoms. The highest BCUT2D eigenvalue weighted by molar-refractivity contribution is 5.49. The molecule has 1 nitrogen and oxygen atoms in total. The molecule has 1 heteroatoms. The molecule has 1 aliphatic rings. The molecule has 0 aromatic heterocycles. The highest BCUT2D eigenvalue weighted by atomic mass is 16.3. The van der Waals surface area contributed by atoms with Gasteiger partial charge in [0.2, 0.25) is 0 Å². The van der Waals surface area contributed by atoms with Gasteiger partial charge in [-0.05, 0) is 5.56 Å². The lowest BCUT2D eigenvalue weighted by molar-refractivity contribution is 0.199. The van der Waals surface area contributed by atoms with Crippen LogP contribution in [0.25, 0.3) is 6.08 Å². The third kappa shape index (κ3) is 2.67. The second-order valence-corrected chi connectivity index (χ2v) is 3.61. The summed E-state index contributed by atoms with van der Waals surface area (Å²) in [5, 5.41) is 9.82. The molecule has 1 unspecified atom stereocenters. The zero-order chi connectivity index (χ0) is 10.5. The summed E-state index contributed by atoms with van der Waals surface area (Å²) in [7, 11) is 0. The summed E-state index contributed by atoms with van der Waals surface area (Å²) in [4.78, 5) is 0. The smallest absolute Gasteiger partial charge is 0.0821 e. The monoisotopic (exact) mass is 198 g/mol. The molecule has 2 rings (SSSR count). The van der Waals surface area contributed by atoms with E-state index < -0.39 is 6.10 Å². The highest BCUT2D eigenvalue weighted by Crippen LogP contribution is 2.15. The number of allylic oxidation sites excluding steroid dienone is 2. The second kappa shape index (κ2) is 4.76. The molecule has 0 aliphatic heterocycles. The van der Waals surface area contributed by atoms with Crippen LogP contribution in [0.3, 0.4) is 0 Å². The van der Waals surface area contributed by atoms with Crippen molar-refractivity contribution in [1.29, 1.82) is 0 Å². The fraction of sp³-hybridized carbons (Fsp3) is 0.143. The average Bonchev–Trinajstić information content (AvgIpc) is 2.81. The van der Waals surface area contributed by atoms with Crippen molar-refractivity contribution >= 4 is 6.08 Å². The number of rotatable bonds is 3. The SMILES string of the molecule is OC(/C=C\c1ccccc1)C1C=CC=C1. The van der Waals surface area contributed by atoms with Crippen molar-refractivity contribution in [3.8, 4) is 0 Å². The summed E-state index contributed by atoms with van der Waals surface area (Å²) >= 11 is 0. The molecule has 76 valence electrons. The molecule has 0 bridgehead atoms. The molecular formula is C14H14O. The number of benzene rings is 1. The van der Waals surface area contributed by atoms with Crippen molar-refractivity contribution in [3.05, 3.63) is 66.3 Å². The minimum Gasteiger partial charge on any atom is -0.388 e. The molecule has 0 amide bonds. The van der Waals surface area contributed by atoms with E-state index in [1.165, 1.54) is 0 Å². The van der Waals surface area contributed by atoms with Gasteiger partial charge >= 0.3 is 0 Å². The van der Waals surface area contributed by atoms with E-state index in [0.717, 1.165) is 5.56 Å². The van der Waals surface area contributed by atoms with Gasteiger partial charge in [0.1, 0.15) is 0 Å². The van der Waals surface area contributed by atoms with Gasteiger partial charge in [0, 0.05) is 5.92 Å². The Bertz CT molecular complexity index is 375. The fourth-order valence-electron chi connectivity index (χ4n) is 1.58. The lowest BCUT2D eigenvalue weighted by Gasteiger charge is -2.09. The topological polar surface area (TPSA) is 20.2 Å². The minimum absolute atomic E-state index is 0.130. The molecule has 0 radical (unpaired) electrons. The van der Waals surface area contributed by atoms with Crippen LogP contribution in [-0.4, -0.2) is 11.2 Å². The molecule has 1 aromatic rings. The highest BCUT2D eigenvalue weighted by Gasteiger charge is 2.11. The Labute approximate surface area is 90.1 Å². The van der Waals surface area contributed by atoms with Gasteiger partial charge in [-0.1, -0.05) is 66.8 Å². The van der Waals surface area contributed by atoms with Crippen LogP contribution in [0.2, 0.25) is 0 Å². The molecule has 0 saturated carbocycles. The van der Waals surface area contributed by atoms with Gasteiger partial charge in [0.05, 0.1) is 6.10 Å². The van der Waals surface area contributed by atoms with Crippen LogP contribution in [0.15, 0.2) is 60.7 Å². The Morgan fingerprint density at radius 1 is 1.07 bits per heavy atom. The van der Waals surface area contributed by atoms with Crippen molar-refractivity contribution in [2.45, 2.75) is 6.10 Å². The van der Waals surface area contributed by atoms with E-state index in [1.807, 2.05) is 66.8 Å². The largest absolute Gasteiger partial charge is 0.388 e. The summed E-state index contributed by atoms with van der Waals surface area (Å²) in [6.45, 7) is 0. The average molecular weight is 198 g/mol. The Balaban J connectivity index is 1.99. The van der Waals surface area contributed by atoms with Crippen molar-refractivity contribution in [1.82, 2.24) is 0 Å². The predicted octanol–water partition coefficient (Wildman–Crippen LogP) is 2.80. The molecule has 0 fully saturated rings. The van der Waals surface area contributed by atoms with Gasteiger partial charge < -0.3 is 5.11 Å². The molecule has 1 aromatic carbocycles. The first-order valence-electron chi connectivity index (χ1n) is 5.12. The normalized spacial score (nSPS) is 17.7. The number of hydrogen-bond donors (Lipinski definition) is 1. The van der Waals surface area contributed by atoms with Crippen LogP contribution in [0, 0.1) is 5.92 Å². The zero-order valence-corrected chi connectivity index (χ0v) is 8.45. The van der Waals surface area contributed by atoms with E-state index in [1.54, 1.807) is 0 Å². The Morgan fingerprint density at radius 2 is 1.73 bits per heavy atom. The van der Waals surface area contributed by atoms with Gasteiger partial charge in [-0.25, -0.2) is 0 Å². The van der Waals surface area contributed by atoms with Crippen molar-refractivity contribution in [3.63, 3.8) is 0 Å². The summed E-state index contributed by atoms with van der Waals surface area (Å²) in [5.74, 6) is 0.130. The third-order valence-electron chi connectivity index (χ3n) is 2.46. The van der Waals surface area contributed by atoms with E-state index in [4.69, 9.17) is 0 Å². The molecule has 1 N–H and O–H groups in total. The van der Waals surface area contributed by atoms with Gasteiger partial charge in [0.15, 0.2) is 0 Å². The predicted molar refractivity (Wildman–Crippen MR) is 63.3 cm³/mol.